The highest BCUT2D eigenvalue weighted by Gasteiger charge is 2.40. The summed E-state index contributed by atoms with van der Waals surface area (Å²) in [7, 11) is 0. The molecule has 0 saturated carbocycles. The molecule has 1 heterocycles. The molecule has 0 aromatic heterocycles. The van der Waals surface area contributed by atoms with E-state index in [0.29, 0.717) is 32.3 Å². The number of nitrogens with zero attached hydrogens (tertiary/aromatic N) is 1. The van der Waals surface area contributed by atoms with Crippen molar-refractivity contribution in [1.82, 2.24) is 5.06 Å². The van der Waals surface area contributed by atoms with Gasteiger partial charge >= 0.3 is 6.16 Å². The fourth-order valence-corrected chi connectivity index (χ4v) is 5.10. The number of aliphatic hydroxyl groups excluding tert-OH is 1. The van der Waals surface area contributed by atoms with Crippen LogP contribution >= 0.6 is 0 Å². The Bertz CT molecular complexity index is 1270. The molecule has 1 saturated heterocycles. The van der Waals surface area contributed by atoms with Gasteiger partial charge in [0.15, 0.2) is 0 Å². The highest BCUT2D eigenvalue weighted by atomic mass is 16.8. The predicted molar refractivity (Wildman–Crippen MR) is 169 cm³/mol. The molecule has 3 unspecified atom stereocenters. The molecule has 3 aromatic rings. The number of rotatable bonds is 13. The fourth-order valence-electron chi connectivity index (χ4n) is 5.10. The van der Waals surface area contributed by atoms with Crippen LogP contribution in [-0.2, 0) is 32.3 Å². The van der Waals surface area contributed by atoms with E-state index in [2.05, 4.69) is 38.1 Å². The summed E-state index contributed by atoms with van der Waals surface area (Å²) in [6.07, 6.45) is -1.32. The molecule has 1 N–H and O–H groups in total. The molecule has 238 valence electrons. The van der Waals surface area contributed by atoms with Gasteiger partial charge in [-0.05, 0) is 61.1 Å². The standard InChI is InChI=1S/C36H47NO7/c1-26(2)29-14-12-28(13-15-29)25-42-33-23-37(44-35(39)43-36(3,4)5)22-32(38)34(33)30-16-18-31(19-17-30)41-21-9-20-40-24-27-10-7-6-8-11-27/h6-8,10-19,26,32-34,38H,9,20-25H2,1-5H3. The van der Waals surface area contributed by atoms with Crippen molar-refractivity contribution in [2.75, 3.05) is 26.3 Å². The zero-order valence-corrected chi connectivity index (χ0v) is 26.6. The van der Waals surface area contributed by atoms with E-state index in [1.165, 1.54) is 10.6 Å². The second-order valence-corrected chi connectivity index (χ2v) is 12.6. The minimum absolute atomic E-state index is 0.133. The van der Waals surface area contributed by atoms with Crippen molar-refractivity contribution in [2.45, 2.75) is 83.9 Å². The maximum Gasteiger partial charge on any atom is 0.528 e. The Labute approximate surface area is 261 Å². The van der Waals surface area contributed by atoms with Gasteiger partial charge < -0.3 is 28.9 Å². The second kappa shape index (κ2) is 16.0. The molecule has 4 rings (SSSR count). The Balaban J connectivity index is 1.35. The van der Waals surface area contributed by atoms with Crippen molar-refractivity contribution in [2.24, 2.45) is 0 Å². The molecule has 1 aliphatic heterocycles. The lowest BCUT2D eigenvalue weighted by Crippen LogP contribution is -2.52. The summed E-state index contributed by atoms with van der Waals surface area (Å²) in [5, 5.41) is 12.7. The van der Waals surface area contributed by atoms with Gasteiger partial charge in [-0.25, -0.2) is 4.79 Å². The zero-order chi connectivity index (χ0) is 31.5. The average Bonchev–Trinajstić information content (AvgIpc) is 2.98. The van der Waals surface area contributed by atoms with Gasteiger partial charge in [0, 0.05) is 12.3 Å². The van der Waals surface area contributed by atoms with E-state index < -0.39 is 24.0 Å². The van der Waals surface area contributed by atoms with E-state index in [1.807, 2.05) is 54.6 Å². The molecular weight excluding hydrogens is 558 g/mol. The first-order valence-corrected chi connectivity index (χ1v) is 15.5. The summed E-state index contributed by atoms with van der Waals surface area (Å²) in [6.45, 7) is 12.2. The van der Waals surface area contributed by atoms with E-state index in [1.54, 1.807) is 20.8 Å². The number of carbonyl (C=O) groups is 1. The predicted octanol–water partition coefficient (Wildman–Crippen LogP) is 7.01. The Kier molecular flexibility index (Phi) is 12.2. The third kappa shape index (κ3) is 10.6. The molecule has 0 bridgehead atoms. The summed E-state index contributed by atoms with van der Waals surface area (Å²) < 4.78 is 23.4. The lowest BCUT2D eigenvalue weighted by Gasteiger charge is -2.40. The molecular formula is C36H47NO7. The Morgan fingerprint density at radius 3 is 2.23 bits per heavy atom. The highest BCUT2D eigenvalue weighted by Crippen LogP contribution is 2.33. The number of β-amino-alcohol motifs (C(OH)–C–C–N with tert-alkyl or cyclic N) is 1. The molecule has 0 radical (unpaired) electrons. The number of aliphatic hydroxyl groups is 1. The first-order valence-electron chi connectivity index (χ1n) is 15.5. The van der Waals surface area contributed by atoms with E-state index in [4.69, 9.17) is 23.8 Å². The summed E-state index contributed by atoms with van der Waals surface area (Å²) in [5.41, 5.74) is 3.68. The monoisotopic (exact) mass is 605 g/mol. The molecule has 0 aliphatic carbocycles. The number of carbonyl (C=O) groups excluding carboxylic acids is 1. The van der Waals surface area contributed by atoms with Crippen LogP contribution in [0.1, 0.15) is 75.1 Å². The number of ether oxygens (including phenoxy) is 4. The lowest BCUT2D eigenvalue weighted by molar-refractivity contribution is -0.201. The molecule has 1 fully saturated rings. The van der Waals surface area contributed by atoms with Crippen LogP contribution in [0.5, 0.6) is 5.75 Å². The van der Waals surface area contributed by atoms with E-state index in [9.17, 15) is 9.90 Å². The smallest absolute Gasteiger partial charge is 0.494 e. The zero-order valence-electron chi connectivity index (χ0n) is 26.6. The quantitative estimate of drug-likeness (QED) is 0.165. The number of piperidine rings is 1. The summed E-state index contributed by atoms with van der Waals surface area (Å²) in [4.78, 5) is 17.8. The van der Waals surface area contributed by atoms with Crippen LogP contribution in [0.4, 0.5) is 4.79 Å². The van der Waals surface area contributed by atoms with Crippen molar-refractivity contribution in [3.63, 3.8) is 0 Å². The van der Waals surface area contributed by atoms with Crippen LogP contribution in [0.25, 0.3) is 0 Å². The number of hydrogen-bond acceptors (Lipinski definition) is 8. The maximum absolute atomic E-state index is 12.4. The first kappa shape index (κ1) is 33.5. The average molecular weight is 606 g/mol. The van der Waals surface area contributed by atoms with Gasteiger partial charge in [-0.1, -0.05) is 80.6 Å². The van der Waals surface area contributed by atoms with E-state index in [0.717, 1.165) is 28.9 Å². The normalized spacial score (nSPS) is 19.1. The Morgan fingerprint density at radius 2 is 1.57 bits per heavy atom. The molecule has 3 aromatic carbocycles. The van der Waals surface area contributed by atoms with Crippen molar-refractivity contribution in [3.05, 3.63) is 101 Å². The number of benzene rings is 3. The maximum atomic E-state index is 12.4. The van der Waals surface area contributed by atoms with E-state index >= 15 is 0 Å². The topological polar surface area (TPSA) is 86.7 Å². The minimum atomic E-state index is -0.840. The molecule has 0 amide bonds. The summed E-state index contributed by atoms with van der Waals surface area (Å²) in [6, 6.07) is 26.2. The van der Waals surface area contributed by atoms with Crippen molar-refractivity contribution in [1.29, 1.82) is 0 Å². The highest BCUT2D eigenvalue weighted by molar-refractivity contribution is 5.60. The third-order valence-corrected chi connectivity index (χ3v) is 7.37. The lowest BCUT2D eigenvalue weighted by atomic mass is 9.85. The van der Waals surface area contributed by atoms with Gasteiger partial charge in [0.05, 0.1) is 51.7 Å². The van der Waals surface area contributed by atoms with Gasteiger partial charge in [-0.2, -0.15) is 0 Å². The largest absolute Gasteiger partial charge is 0.528 e. The van der Waals surface area contributed by atoms with Crippen LogP contribution in [0.3, 0.4) is 0 Å². The molecule has 3 atom stereocenters. The molecule has 0 spiro atoms. The van der Waals surface area contributed by atoms with Crippen LogP contribution in [0.2, 0.25) is 0 Å². The molecule has 1 aliphatic rings. The SMILES string of the molecule is CC(C)c1ccc(COC2CN(OC(=O)OC(C)(C)C)CC(O)C2c2ccc(OCCCOCc3ccccc3)cc2)cc1. The van der Waals surface area contributed by atoms with Crippen molar-refractivity contribution < 1.29 is 33.7 Å². The van der Waals surface area contributed by atoms with Crippen LogP contribution in [0.15, 0.2) is 78.9 Å². The van der Waals surface area contributed by atoms with Crippen LogP contribution < -0.4 is 4.74 Å². The van der Waals surface area contributed by atoms with Gasteiger partial charge in [-0.15, -0.1) is 5.06 Å². The fraction of sp³-hybridized carbons (Fsp3) is 0.472. The summed E-state index contributed by atoms with van der Waals surface area (Å²) in [5.74, 6) is 0.866. The Hall–Kier alpha value is -3.43. The number of hydrogen-bond donors (Lipinski definition) is 1. The van der Waals surface area contributed by atoms with Crippen molar-refractivity contribution >= 4 is 6.16 Å². The molecule has 8 heteroatoms. The summed E-state index contributed by atoms with van der Waals surface area (Å²) >= 11 is 0. The third-order valence-electron chi connectivity index (χ3n) is 7.37. The Morgan fingerprint density at radius 1 is 0.886 bits per heavy atom. The van der Waals surface area contributed by atoms with Gasteiger partial charge in [0.2, 0.25) is 0 Å². The van der Waals surface area contributed by atoms with Crippen LogP contribution in [0, 0.1) is 0 Å². The first-order chi connectivity index (χ1) is 21.1. The van der Waals surface area contributed by atoms with Crippen LogP contribution in [-0.4, -0.2) is 60.4 Å². The van der Waals surface area contributed by atoms with E-state index in [-0.39, 0.29) is 19.0 Å². The second-order valence-electron chi connectivity index (χ2n) is 12.6. The van der Waals surface area contributed by atoms with Gasteiger partial charge in [-0.3, -0.25) is 0 Å². The van der Waals surface area contributed by atoms with Gasteiger partial charge in [0.25, 0.3) is 0 Å². The number of hydroxylamine groups is 2. The molecule has 8 nitrogen and oxygen atoms in total. The van der Waals surface area contributed by atoms with Crippen molar-refractivity contribution in [3.8, 4) is 5.75 Å². The molecule has 44 heavy (non-hydrogen) atoms. The van der Waals surface area contributed by atoms with Gasteiger partial charge in [0.1, 0.15) is 11.4 Å². The minimum Gasteiger partial charge on any atom is -0.494 e.